The van der Waals surface area contributed by atoms with E-state index in [9.17, 15) is 0 Å². The maximum atomic E-state index is 5.00. The number of likely N-dealkylation sites (tertiary alicyclic amines) is 1. The maximum absolute atomic E-state index is 5.00. The molecular formula is C12H22N4O. The number of rotatable bonds is 4. The quantitative estimate of drug-likeness (QED) is 0.858. The van der Waals surface area contributed by atoms with Gasteiger partial charge in [-0.05, 0) is 26.3 Å². The Hall–Kier alpha value is -0.940. The zero-order chi connectivity index (χ0) is 12.3. The van der Waals surface area contributed by atoms with E-state index < -0.39 is 0 Å². The Labute approximate surface area is 103 Å². The molecule has 1 aliphatic heterocycles. The summed E-state index contributed by atoms with van der Waals surface area (Å²) in [5.74, 6) is 1.45. The van der Waals surface area contributed by atoms with Crippen molar-refractivity contribution in [3.63, 3.8) is 0 Å². The van der Waals surface area contributed by atoms with E-state index in [-0.39, 0.29) is 0 Å². The molecule has 2 unspecified atom stereocenters. The van der Waals surface area contributed by atoms with E-state index in [1.807, 2.05) is 6.92 Å². The van der Waals surface area contributed by atoms with Gasteiger partial charge >= 0.3 is 0 Å². The van der Waals surface area contributed by atoms with Crippen LogP contribution in [0.25, 0.3) is 0 Å². The van der Waals surface area contributed by atoms with Gasteiger partial charge < -0.3 is 9.84 Å². The number of hydrogen-bond donors (Lipinski definition) is 1. The average Bonchev–Trinajstić information content (AvgIpc) is 2.69. The molecule has 1 aromatic rings. The number of piperidine rings is 1. The van der Waals surface area contributed by atoms with Crippen molar-refractivity contribution in [1.29, 1.82) is 0 Å². The minimum atomic E-state index is 0.576. The summed E-state index contributed by atoms with van der Waals surface area (Å²) in [5, 5.41) is 7.48. The molecule has 0 aromatic carbocycles. The second-order valence-electron chi connectivity index (χ2n) is 4.83. The van der Waals surface area contributed by atoms with Crippen LogP contribution in [0, 0.1) is 6.92 Å². The van der Waals surface area contributed by atoms with Crippen LogP contribution in [0.2, 0.25) is 0 Å². The topological polar surface area (TPSA) is 54.2 Å². The number of nitrogens with one attached hydrogen (secondary N) is 1. The molecule has 0 spiro atoms. The van der Waals surface area contributed by atoms with Gasteiger partial charge in [-0.25, -0.2) is 0 Å². The first-order chi connectivity index (χ1) is 8.19. The highest BCUT2D eigenvalue weighted by atomic mass is 16.5. The van der Waals surface area contributed by atoms with Gasteiger partial charge in [0.15, 0.2) is 5.82 Å². The van der Waals surface area contributed by atoms with Crippen molar-refractivity contribution >= 4 is 0 Å². The van der Waals surface area contributed by atoms with Gasteiger partial charge in [-0.1, -0.05) is 12.1 Å². The smallest absolute Gasteiger partial charge is 0.223 e. The lowest BCUT2D eigenvalue weighted by molar-refractivity contribution is 0.125. The van der Waals surface area contributed by atoms with E-state index in [2.05, 4.69) is 34.2 Å². The van der Waals surface area contributed by atoms with Crippen LogP contribution in [-0.4, -0.2) is 40.2 Å². The minimum absolute atomic E-state index is 0.576. The molecule has 0 aliphatic carbocycles. The van der Waals surface area contributed by atoms with Crippen LogP contribution in [0.5, 0.6) is 0 Å². The average molecular weight is 238 g/mol. The molecule has 5 nitrogen and oxygen atoms in total. The van der Waals surface area contributed by atoms with Gasteiger partial charge in [0.05, 0.1) is 6.54 Å². The maximum Gasteiger partial charge on any atom is 0.223 e. The molecule has 96 valence electrons. The third kappa shape index (κ3) is 3.26. The van der Waals surface area contributed by atoms with E-state index >= 15 is 0 Å². The first-order valence-electron chi connectivity index (χ1n) is 6.45. The number of nitrogens with zero attached hydrogens (tertiary/aromatic N) is 3. The van der Waals surface area contributed by atoms with Crippen molar-refractivity contribution in [2.75, 3.05) is 13.1 Å². The van der Waals surface area contributed by atoms with E-state index in [0.717, 1.165) is 25.5 Å². The number of aromatic nitrogens is 2. The molecule has 0 amide bonds. The predicted octanol–water partition coefficient (Wildman–Crippen LogP) is 1.34. The lowest BCUT2D eigenvalue weighted by Crippen LogP contribution is -2.47. The summed E-state index contributed by atoms with van der Waals surface area (Å²) < 4.78 is 5.00. The normalized spacial score (nSPS) is 26.3. The van der Waals surface area contributed by atoms with Crippen molar-refractivity contribution in [2.45, 2.75) is 52.2 Å². The fourth-order valence-electron chi connectivity index (χ4n) is 2.52. The van der Waals surface area contributed by atoms with Gasteiger partial charge in [0.25, 0.3) is 0 Å². The molecule has 1 aromatic heterocycles. The summed E-state index contributed by atoms with van der Waals surface area (Å²) in [7, 11) is 0. The monoisotopic (exact) mass is 238 g/mol. The van der Waals surface area contributed by atoms with Crippen LogP contribution in [0.4, 0.5) is 0 Å². The third-order valence-corrected chi connectivity index (χ3v) is 3.42. The van der Waals surface area contributed by atoms with Gasteiger partial charge in [0, 0.05) is 25.6 Å². The number of hydrogen-bond acceptors (Lipinski definition) is 5. The highest BCUT2D eigenvalue weighted by Gasteiger charge is 2.25. The van der Waals surface area contributed by atoms with E-state index in [1.54, 1.807) is 0 Å². The van der Waals surface area contributed by atoms with Gasteiger partial charge in [0.1, 0.15) is 0 Å². The van der Waals surface area contributed by atoms with Crippen molar-refractivity contribution in [1.82, 2.24) is 20.4 Å². The summed E-state index contributed by atoms with van der Waals surface area (Å²) >= 11 is 0. The zero-order valence-corrected chi connectivity index (χ0v) is 10.9. The molecule has 1 fully saturated rings. The summed E-state index contributed by atoms with van der Waals surface area (Å²) in [6.45, 7) is 9.23. The lowest BCUT2D eigenvalue weighted by Gasteiger charge is -2.37. The first-order valence-corrected chi connectivity index (χ1v) is 6.45. The van der Waals surface area contributed by atoms with E-state index in [1.165, 1.54) is 12.8 Å². The Morgan fingerprint density at radius 3 is 2.94 bits per heavy atom. The highest BCUT2D eigenvalue weighted by Crippen LogP contribution is 2.18. The van der Waals surface area contributed by atoms with Gasteiger partial charge in [-0.2, -0.15) is 4.98 Å². The minimum Gasteiger partial charge on any atom is -0.340 e. The second-order valence-corrected chi connectivity index (χ2v) is 4.83. The highest BCUT2D eigenvalue weighted by molar-refractivity contribution is 4.89. The van der Waals surface area contributed by atoms with Gasteiger partial charge in [-0.15, -0.1) is 0 Å². The molecule has 0 bridgehead atoms. The Balaban J connectivity index is 1.87. The molecule has 1 aliphatic rings. The van der Waals surface area contributed by atoms with Crippen LogP contribution in [0.3, 0.4) is 0 Å². The molecule has 5 heteroatoms. The summed E-state index contributed by atoms with van der Waals surface area (Å²) in [5.41, 5.74) is 0. The molecule has 17 heavy (non-hydrogen) atoms. The van der Waals surface area contributed by atoms with Gasteiger partial charge in [0.2, 0.25) is 5.89 Å². The van der Waals surface area contributed by atoms with Gasteiger partial charge in [-0.3, -0.25) is 4.90 Å². The number of aryl methyl sites for hydroxylation is 1. The molecule has 0 radical (unpaired) electrons. The summed E-state index contributed by atoms with van der Waals surface area (Å²) in [6, 6.07) is 1.24. The van der Waals surface area contributed by atoms with Crippen LogP contribution in [-0.2, 0) is 6.54 Å². The SMILES string of the molecule is CCNC1CCN(Cc2noc(C)n2)C(C)C1. The van der Waals surface area contributed by atoms with Crippen LogP contribution in [0.1, 0.15) is 38.4 Å². The zero-order valence-electron chi connectivity index (χ0n) is 10.9. The molecule has 1 saturated heterocycles. The Morgan fingerprint density at radius 1 is 1.53 bits per heavy atom. The van der Waals surface area contributed by atoms with Crippen molar-refractivity contribution in [3.05, 3.63) is 11.7 Å². The molecule has 2 atom stereocenters. The lowest BCUT2D eigenvalue weighted by atomic mass is 9.98. The van der Waals surface area contributed by atoms with Crippen molar-refractivity contribution in [3.8, 4) is 0 Å². The second kappa shape index (κ2) is 5.60. The fourth-order valence-corrected chi connectivity index (χ4v) is 2.52. The Kier molecular flexibility index (Phi) is 4.12. The fraction of sp³-hybridized carbons (Fsp3) is 0.833. The molecule has 2 heterocycles. The molecular weight excluding hydrogens is 216 g/mol. The molecule has 1 N–H and O–H groups in total. The van der Waals surface area contributed by atoms with Crippen LogP contribution < -0.4 is 5.32 Å². The van der Waals surface area contributed by atoms with Crippen LogP contribution in [0.15, 0.2) is 4.52 Å². The predicted molar refractivity (Wildman–Crippen MR) is 65.6 cm³/mol. The van der Waals surface area contributed by atoms with E-state index in [4.69, 9.17) is 4.52 Å². The van der Waals surface area contributed by atoms with Crippen molar-refractivity contribution < 1.29 is 4.52 Å². The summed E-state index contributed by atoms with van der Waals surface area (Å²) in [4.78, 5) is 6.69. The van der Waals surface area contributed by atoms with Crippen molar-refractivity contribution in [2.24, 2.45) is 0 Å². The summed E-state index contributed by atoms with van der Waals surface area (Å²) in [6.07, 6.45) is 2.40. The first kappa shape index (κ1) is 12.5. The van der Waals surface area contributed by atoms with E-state index in [0.29, 0.717) is 18.0 Å². The Morgan fingerprint density at radius 2 is 2.35 bits per heavy atom. The molecule has 2 rings (SSSR count). The Bertz CT molecular complexity index is 352. The molecule has 0 saturated carbocycles. The largest absolute Gasteiger partial charge is 0.340 e. The third-order valence-electron chi connectivity index (χ3n) is 3.42. The standard InChI is InChI=1S/C12H22N4O/c1-4-13-11-5-6-16(9(2)7-11)8-12-14-10(3)17-15-12/h9,11,13H,4-8H2,1-3H3. The van der Waals surface area contributed by atoms with Crippen LogP contribution >= 0.6 is 0 Å².